The van der Waals surface area contributed by atoms with Crippen molar-refractivity contribution in [2.75, 3.05) is 12.3 Å². The van der Waals surface area contributed by atoms with Crippen LogP contribution in [0.4, 0.5) is 9.80 Å². The van der Waals surface area contributed by atoms with Gasteiger partial charge in [0.25, 0.3) is 0 Å². The molecule has 0 saturated carbocycles. The van der Waals surface area contributed by atoms with E-state index in [9.17, 15) is 9.59 Å². The first-order valence-corrected chi connectivity index (χ1v) is 8.94. The second kappa shape index (κ2) is 6.63. The van der Waals surface area contributed by atoms with Gasteiger partial charge in [0.1, 0.15) is 10.6 Å². The molecule has 2 rings (SSSR count). The van der Waals surface area contributed by atoms with Gasteiger partial charge in [0, 0.05) is 16.8 Å². The monoisotopic (exact) mass is 354 g/mol. The number of anilines is 1. The zero-order valence-corrected chi connectivity index (χ0v) is 15.8. The largest absolute Gasteiger partial charge is 0.462 e. The molecular weight excluding hydrogens is 328 g/mol. The molecule has 0 saturated heterocycles. The van der Waals surface area contributed by atoms with Crippen molar-refractivity contribution in [2.24, 2.45) is 0 Å². The number of carbonyl (C=O) groups excluding carboxylic acids is 2. The lowest BCUT2D eigenvalue weighted by atomic mass is 9.82. The average Bonchev–Trinajstić information content (AvgIpc) is 2.70. The van der Waals surface area contributed by atoms with Crippen LogP contribution in [0.1, 0.15) is 61.8 Å². The third-order valence-electron chi connectivity index (χ3n) is 3.88. The molecule has 7 heteroatoms. The van der Waals surface area contributed by atoms with Crippen molar-refractivity contribution in [3.8, 4) is 0 Å². The highest BCUT2D eigenvalue weighted by atomic mass is 32.1. The molecule has 1 aromatic rings. The van der Waals surface area contributed by atoms with Gasteiger partial charge in [0.2, 0.25) is 0 Å². The summed E-state index contributed by atoms with van der Waals surface area (Å²) >= 11 is 1.40. The van der Waals surface area contributed by atoms with Crippen LogP contribution in [0.15, 0.2) is 0 Å². The minimum Gasteiger partial charge on any atom is -0.462 e. The van der Waals surface area contributed by atoms with E-state index in [1.807, 2.05) is 27.7 Å². The number of fused-ring (bicyclic) bond motifs is 1. The summed E-state index contributed by atoms with van der Waals surface area (Å²) in [5, 5.41) is 3.45. The zero-order chi connectivity index (χ0) is 18.1. The molecule has 1 unspecified atom stereocenters. The Kier molecular flexibility index (Phi) is 5.13. The number of nitrogens with two attached hydrogens (primary N) is 1. The molecule has 1 heterocycles. The summed E-state index contributed by atoms with van der Waals surface area (Å²) in [5.74, 6) is -0.365. The number of ether oxygens (including phenoxy) is 2. The van der Waals surface area contributed by atoms with Crippen LogP contribution >= 0.6 is 11.3 Å². The smallest absolute Gasteiger partial charge is 0.408 e. The fourth-order valence-corrected chi connectivity index (χ4v) is 4.16. The topological polar surface area (TPSA) is 90.6 Å². The average molecular weight is 354 g/mol. The SMILES string of the molecule is CCOC(=O)c1c(N)sc2c1CCC(C)(NC(=O)OC(C)(C)C)C2. The van der Waals surface area contributed by atoms with E-state index in [1.54, 1.807) is 6.92 Å². The van der Waals surface area contributed by atoms with Crippen molar-refractivity contribution in [3.63, 3.8) is 0 Å². The van der Waals surface area contributed by atoms with Crippen molar-refractivity contribution in [1.29, 1.82) is 0 Å². The molecule has 3 N–H and O–H groups in total. The van der Waals surface area contributed by atoms with Gasteiger partial charge >= 0.3 is 12.1 Å². The number of nitrogen functional groups attached to an aromatic ring is 1. The van der Waals surface area contributed by atoms with Gasteiger partial charge in [-0.3, -0.25) is 0 Å². The highest BCUT2D eigenvalue weighted by molar-refractivity contribution is 7.16. The Morgan fingerprint density at radius 2 is 2.04 bits per heavy atom. The Labute approximate surface area is 146 Å². The predicted octanol–water partition coefficient (Wildman–Crippen LogP) is 3.28. The van der Waals surface area contributed by atoms with Crippen LogP contribution < -0.4 is 11.1 Å². The number of hydrogen-bond acceptors (Lipinski definition) is 6. The minimum absolute atomic E-state index is 0.320. The summed E-state index contributed by atoms with van der Waals surface area (Å²) in [6.07, 6.45) is 1.57. The Hall–Kier alpha value is -1.76. The number of thiophene rings is 1. The first-order chi connectivity index (χ1) is 11.0. The third kappa shape index (κ3) is 4.20. The van der Waals surface area contributed by atoms with Gasteiger partial charge in [0.15, 0.2) is 0 Å². The summed E-state index contributed by atoms with van der Waals surface area (Å²) in [6, 6.07) is 0. The molecule has 0 aromatic carbocycles. The molecular formula is C17H26N2O4S. The van der Waals surface area contributed by atoms with Gasteiger partial charge in [-0.15, -0.1) is 11.3 Å². The highest BCUT2D eigenvalue weighted by Crippen LogP contribution is 2.39. The van der Waals surface area contributed by atoms with Gasteiger partial charge < -0.3 is 20.5 Å². The maximum Gasteiger partial charge on any atom is 0.408 e. The van der Waals surface area contributed by atoms with Crippen molar-refractivity contribution in [2.45, 2.75) is 65.0 Å². The Morgan fingerprint density at radius 3 is 2.62 bits per heavy atom. The van der Waals surface area contributed by atoms with E-state index >= 15 is 0 Å². The Morgan fingerprint density at radius 1 is 1.38 bits per heavy atom. The van der Waals surface area contributed by atoms with Crippen LogP contribution in [0.5, 0.6) is 0 Å². The number of alkyl carbamates (subject to hydrolysis) is 1. The van der Waals surface area contributed by atoms with E-state index in [0.717, 1.165) is 10.4 Å². The summed E-state index contributed by atoms with van der Waals surface area (Å²) in [6.45, 7) is 9.58. The summed E-state index contributed by atoms with van der Waals surface area (Å²) < 4.78 is 10.4. The minimum atomic E-state index is -0.537. The van der Waals surface area contributed by atoms with Gasteiger partial charge in [0.05, 0.1) is 12.2 Å². The number of rotatable bonds is 3. The number of hydrogen-bond donors (Lipinski definition) is 2. The van der Waals surface area contributed by atoms with Crippen molar-refractivity contribution in [3.05, 3.63) is 16.0 Å². The van der Waals surface area contributed by atoms with E-state index in [-0.39, 0.29) is 5.97 Å². The molecule has 1 aromatic heterocycles. The van der Waals surface area contributed by atoms with Crippen LogP contribution in [0, 0.1) is 0 Å². The summed E-state index contributed by atoms with van der Waals surface area (Å²) in [7, 11) is 0. The number of nitrogens with one attached hydrogen (secondary N) is 1. The molecule has 1 aliphatic carbocycles. The van der Waals surface area contributed by atoms with Crippen LogP contribution in [0.25, 0.3) is 0 Å². The van der Waals surface area contributed by atoms with E-state index in [4.69, 9.17) is 15.2 Å². The normalized spacial score (nSPS) is 20.2. The van der Waals surface area contributed by atoms with Crippen molar-refractivity contribution >= 4 is 28.4 Å². The lowest BCUT2D eigenvalue weighted by Crippen LogP contribution is -2.51. The molecule has 1 atom stereocenters. The standard InChI is InChI=1S/C17H26N2O4S/c1-6-22-14(20)12-10-7-8-17(5,9-11(10)24-13(12)18)19-15(21)23-16(2,3)4/h6-9,18H2,1-5H3,(H,19,21). The number of carbonyl (C=O) groups is 2. The van der Waals surface area contributed by atoms with Gasteiger partial charge in [-0.1, -0.05) is 0 Å². The first kappa shape index (κ1) is 18.6. The van der Waals surface area contributed by atoms with Crippen LogP contribution in [0.3, 0.4) is 0 Å². The van der Waals surface area contributed by atoms with Gasteiger partial charge in [-0.25, -0.2) is 9.59 Å². The van der Waals surface area contributed by atoms with E-state index in [1.165, 1.54) is 11.3 Å². The summed E-state index contributed by atoms with van der Waals surface area (Å²) in [4.78, 5) is 25.2. The quantitative estimate of drug-likeness (QED) is 0.813. The number of esters is 1. The lowest BCUT2D eigenvalue weighted by Gasteiger charge is -2.35. The van der Waals surface area contributed by atoms with Gasteiger partial charge in [-0.2, -0.15) is 0 Å². The molecule has 1 amide bonds. The molecule has 134 valence electrons. The summed E-state index contributed by atoms with van der Waals surface area (Å²) in [5.41, 5.74) is 6.53. The maximum atomic E-state index is 12.1. The predicted molar refractivity (Wildman–Crippen MR) is 94.5 cm³/mol. The second-order valence-corrected chi connectivity index (χ2v) is 8.46. The van der Waals surface area contributed by atoms with E-state index in [2.05, 4.69) is 5.32 Å². The molecule has 1 aliphatic rings. The van der Waals surface area contributed by atoms with Crippen molar-refractivity contribution < 1.29 is 19.1 Å². The van der Waals surface area contributed by atoms with E-state index in [0.29, 0.717) is 36.4 Å². The maximum absolute atomic E-state index is 12.1. The van der Waals surface area contributed by atoms with Crippen LogP contribution in [0.2, 0.25) is 0 Å². The molecule has 0 radical (unpaired) electrons. The molecule has 24 heavy (non-hydrogen) atoms. The van der Waals surface area contributed by atoms with Crippen molar-refractivity contribution in [1.82, 2.24) is 5.32 Å². The Bertz CT molecular complexity index is 648. The zero-order valence-electron chi connectivity index (χ0n) is 14.9. The second-order valence-electron chi connectivity index (χ2n) is 7.33. The van der Waals surface area contributed by atoms with Crippen LogP contribution in [-0.4, -0.2) is 29.8 Å². The van der Waals surface area contributed by atoms with Crippen LogP contribution in [-0.2, 0) is 22.3 Å². The third-order valence-corrected chi connectivity index (χ3v) is 4.94. The molecule has 0 bridgehead atoms. The van der Waals surface area contributed by atoms with Gasteiger partial charge in [-0.05, 0) is 53.0 Å². The molecule has 0 aliphatic heterocycles. The fourth-order valence-electron chi connectivity index (χ4n) is 2.87. The Balaban J connectivity index is 2.16. The number of amides is 1. The highest BCUT2D eigenvalue weighted by Gasteiger charge is 2.37. The molecule has 0 spiro atoms. The van der Waals surface area contributed by atoms with E-state index < -0.39 is 17.2 Å². The fraction of sp³-hybridized carbons (Fsp3) is 0.647. The lowest BCUT2D eigenvalue weighted by molar-refractivity contribution is 0.0450. The first-order valence-electron chi connectivity index (χ1n) is 8.13. The molecule has 6 nitrogen and oxygen atoms in total. The molecule has 0 fully saturated rings.